The Morgan fingerprint density at radius 1 is 1.38 bits per heavy atom. The second-order valence-electron chi connectivity index (χ2n) is 6.74. The summed E-state index contributed by atoms with van der Waals surface area (Å²) in [6.45, 7) is 5.80. The predicted molar refractivity (Wildman–Crippen MR) is 81.9 cm³/mol. The summed E-state index contributed by atoms with van der Waals surface area (Å²) in [5.74, 6) is 1.12. The van der Waals surface area contributed by atoms with Crippen LogP contribution in [0, 0.1) is 11.3 Å². The number of aromatic nitrogens is 2. The number of carbonyl (C=O) groups excluding carboxylic acids is 1. The van der Waals surface area contributed by atoms with Crippen molar-refractivity contribution in [2.75, 3.05) is 25.0 Å². The Labute approximate surface area is 126 Å². The molecule has 1 saturated carbocycles. The zero-order chi connectivity index (χ0) is 15.0. The molecule has 1 aromatic heterocycles. The highest BCUT2D eigenvalue weighted by Gasteiger charge is 2.54. The van der Waals surface area contributed by atoms with E-state index in [2.05, 4.69) is 28.7 Å². The molecule has 1 amide bonds. The van der Waals surface area contributed by atoms with Gasteiger partial charge < -0.3 is 9.80 Å². The van der Waals surface area contributed by atoms with Gasteiger partial charge in [-0.15, -0.1) is 0 Å². The van der Waals surface area contributed by atoms with E-state index in [1.807, 2.05) is 18.0 Å². The van der Waals surface area contributed by atoms with E-state index in [0.29, 0.717) is 0 Å². The minimum absolute atomic E-state index is 0.0856. The Kier molecular flexibility index (Phi) is 3.59. The number of anilines is 1. The van der Waals surface area contributed by atoms with Gasteiger partial charge in [-0.2, -0.15) is 0 Å². The van der Waals surface area contributed by atoms with E-state index < -0.39 is 0 Å². The quantitative estimate of drug-likeness (QED) is 0.853. The molecule has 5 nitrogen and oxygen atoms in total. The molecular formula is C16H24N4O. The first-order valence-electron chi connectivity index (χ1n) is 7.82. The van der Waals surface area contributed by atoms with Crippen LogP contribution in [-0.4, -0.2) is 47.0 Å². The summed E-state index contributed by atoms with van der Waals surface area (Å²) in [6, 6.07) is 2.07. The molecule has 1 aliphatic carbocycles. The largest absolute Gasteiger partial charge is 0.343 e. The lowest BCUT2D eigenvalue weighted by Gasteiger charge is -2.43. The summed E-state index contributed by atoms with van der Waals surface area (Å²) in [5.41, 5.74) is 0.152. The summed E-state index contributed by atoms with van der Waals surface area (Å²) in [6.07, 6.45) is 7.08. The lowest BCUT2D eigenvalue weighted by atomic mass is 9.62. The molecule has 2 aliphatic rings. The third kappa shape index (κ3) is 2.39. The van der Waals surface area contributed by atoms with Gasteiger partial charge in [-0.25, -0.2) is 9.97 Å². The molecule has 0 aromatic carbocycles. The van der Waals surface area contributed by atoms with Crippen molar-refractivity contribution < 1.29 is 4.79 Å². The van der Waals surface area contributed by atoms with E-state index >= 15 is 0 Å². The topological polar surface area (TPSA) is 49.3 Å². The first-order chi connectivity index (χ1) is 10.0. The lowest BCUT2D eigenvalue weighted by molar-refractivity contribution is -0.140. The van der Waals surface area contributed by atoms with Gasteiger partial charge in [0.25, 0.3) is 0 Å². The van der Waals surface area contributed by atoms with Crippen LogP contribution in [0.3, 0.4) is 0 Å². The molecule has 5 heteroatoms. The van der Waals surface area contributed by atoms with E-state index in [9.17, 15) is 4.79 Å². The molecule has 0 radical (unpaired) electrons. The third-order valence-electron chi connectivity index (χ3n) is 5.25. The highest BCUT2D eigenvalue weighted by atomic mass is 16.2. The van der Waals surface area contributed by atoms with Crippen LogP contribution in [0.2, 0.25) is 0 Å². The lowest BCUT2D eigenvalue weighted by Crippen LogP contribution is -2.47. The summed E-state index contributed by atoms with van der Waals surface area (Å²) in [4.78, 5) is 25.6. The Balaban J connectivity index is 1.82. The van der Waals surface area contributed by atoms with Crippen LogP contribution in [0.25, 0.3) is 0 Å². The third-order valence-corrected chi connectivity index (χ3v) is 5.25. The van der Waals surface area contributed by atoms with Gasteiger partial charge in [0.2, 0.25) is 11.9 Å². The molecule has 2 fully saturated rings. The number of hydrogen-bond donors (Lipinski definition) is 0. The maximum atomic E-state index is 12.8. The van der Waals surface area contributed by atoms with E-state index in [-0.39, 0.29) is 23.3 Å². The fourth-order valence-corrected chi connectivity index (χ4v) is 3.55. The van der Waals surface area contributed by atoms with Crippen LogP contribution in [0.5, 0.6) is 0 Å². The second kappa shape index (κ2) is 5.28. The molecular weight excluding hydrogens is 264 g/mol. The van der Waals surface area contributed by atoms with Crippen molar-refractivity contribution in [3.63, 3.8) is 0 Å². The number of nitrogens with zero attached hydrogens (tertiary/aromatic N) is 4. The van der Waals surface area contributed by atoms with Gasteiger partial charge in [0.15, 0.2) is 0 Å². The Bertz CT molecular complexity index is 512. The molecule has 3 rings (SSSR count). The zero-order valence-corrected chi connectivity index (χ0v) is 13.1. The predicted octanol–water partition coefficient (Wildman–Crippen LogP) is 1.95. The van der Waals surface area contributed by atoms with Crippen LogP contribution < -0.4 is 4.90 Å². The van der Waals surface area contributed by atoms with Crippen LogP contribution in [0.1, 0.15) is 33.1 Å². The summed E-state index contributed by atoms with van der Waals surface area (Å²) in [5, 5.41) is 0. The van der Waals surface area contributed by atoms with Crippen LogP contribution >= 0.6 is 0 Å². The zero-order valence-electron chi connectivity index (χ0n) is 13.1. The smallest absolute Gasteiger partial charge is 0.228 e. The molecule has 1 aromatic rings. The fourth-order valence-electron chi connectivity index (χ4n) is 3.55. The van der Waals surface area contributed by atoms with Crippen molar-refractivity contribution in [1.82, 2.24) is 14.9 Å². The van der Waals surface area contributed by atoms with E-state index in [1.165, 1.54) is 6.42 Å². The van der Waals surface area contributed by atoms with Crippen molar-refractivity contribution in [2.45, 2.75) is 39.2 Å². The standard InChI is InChI=1S/C16H24N4O/c1-12(2)19(3)14(21)13-10-20(11-16(13)6-4-7-16)15-17-8-5-9-18-15/h5,8-9,12-13H,4,6-7,10-11H2,1-3H3. The Morgan fingerprint density at radius 3 is 2.57 bits per heavy atom. The molecule has 21 heavy (non-hydrogen) atoms. The minimum atomic E-state index is 0.0856. The molecule has 1 saturated heterocycles. The first kappa shape index (κ1) is 14.3. The first-order valence-corrected chi connectivity index (χ1v) is 7.82. The monoisotopic (exact) mass is 288 g/mol. The average Bonchev–Trinajstić information content (AvgIpc) is 2.87. The van der Waals surface area contributed by atoms with E-state index in [0.717, 1.165) is 31.9 Å². The highest BCUT2D eigenvalue weighted by molar-refractivity contribution is 5.81. The van der Waals surface area contributed by atoms with Crippen LogP contribution in [0.4, 0.5) is 5.95 Å². The maximum absolute atomic E-state index is 12.8. The van der Waals surface area contributed by atoms with Crippen molar-refractivity contribution in [3.05, 3.63) is 18.5 Å². The number of rotatable bonds is 3. The molecule has 2 heterocycles. The molecule has 0 bridgehead atoms. The Hall–Kier alpha value is -1.65. The summed E-state index contributed by atoms with van der Waals surface area (Å²) < 4.78 is 0. The highest BCUT2D eigenvalue weighted by Crippen LogP contribution is 2.52. The molecule has 1 aliphatic heterocycles. The average molecular weight is 288 g/mol. The van der Waals surface area contributed by atoms with Gasteiger partial charge in [0.1, 0.15) is 0 Å². The molecule has 114 valence electrons. The van der Waals surface area contributed by atoms with Gasteiger partial charge in [0, 0.05) is 44.0 Å². The molecule has 0 N–H and O–H groups in total. The van der Waals surface area contributed by atoms with E-state index in [1.54, 1.807) is 12.4 Å². The fraction of sp³-hybridized carbons (Fsp3) is 0.688. The second-order valence-corrected chi connectivity index (χ2v) is 6.74. The maximum Gasteiger partial charge on any atom is 0.228 e. The van der Waals surface area contributed by atoms with Crippen molar-refractivity contribution in [2.24, 2.45) is 11.3 Å². The number of carbonyl (C=O) groups is 1. The number of hydrogen-bond acceptors (Lipinski definition) is 4. The molecule has 1 spiro atoms. The normalized spacial score (nSPS) is 23.4. The van der Waals surface area contributed by atoms with Crippen molar-refractivity contribution in [1.29, 1.82) is 0 Å². The molecule has 1 atom stereocenters. The Morgan fingerprint density at radius 2 is 2.05 bits per heavy atom. The van der Waals surface area contributed by atoms with Crippen molar-refractivity contribution in [3.8, 4) is 0 Å². The van der Waals surface area contributed by atoms with Gasteiger partial charge >= 0.3 is 0 Å². The van der Waals surface area contributed by atoms with Gasteiger partial charge in [-0.1, -0.05) is 6.42 Å². The number of amides is 1. The minimum Gasteiger partial charge on any atom is -0.343 e. The van der Waals surface area contributed by atoms with Gasteiger partial charge in [-0.3, -0.25) is 4.79 Å². The van der Waals surface area contributed by atoms with Crippen LogP contribution in [-0.2, 0) is 4.79 Å². The summed E-state index contributed by atoms with van der Waals surface area (Å²) >= 11 is 0. The van der Waals surface area contributed by atoms with E-state index in [4.69, 9.17) is 0 Å². The molecule has 1 unspecified atom stereocenters. The van der Waals surface area contributed by atoms with Crippen LogP contribution in [0.15, 0.2) is 18.5 Å². The van der Waals surface area contributed by atoms with Gasteiger partial charge in [0.05, 0.1) is 5.92 Å². The van der Waals surface area contributed by atoms with Crippen molar-refractivity contribution >= 4 is 11.9 Å². The van der Waals surface area contributed by atoms with Gasteiger partial charge in [-0.05, 0) is 32.8 Å². The summed E-state index contributed by atoms with van der Waals surface area (Å²) in [7, 11) is 1.92. The SMILES string of the molecule is CC(C)N(C)C(=O)C1CN(c2ncccn2)CC12CCC2.